The van der Waals surface area contributed by atoms with Gasteiger partial charge in [0.05, 0.1) is 6.54 Å². The number of aryl methyl sites for hydroxylation is 2. The van der Waals surface area contributed by atoms with Gasteiger partial charge < -0.3 is 0 Å². The van der Waals surface area contributed by atoms with Gasteiger partial charge in [0.2, 0.25) is 5.52 Å². The molecular weight excluding hydrogens is 226 g/mol. The summed E-state index contributed by atoms with van der Waals surface area (Å²) in [7, 11) is 0. The Labute approximate surface area is 105 Å². The number of rotatable bonds is 3. The van der Waals surface area contributed by atoms with E-state index in [1.807, 2.05) is 22.0 Å². The summed E-state index contributed by atoms with van der Waals surface area (Å²) in [6.45, 7) is 6.06. The normalized spacial score (nSPS) is 11.2. The minimum absolute atomic E-state index is 0.875. The van der Waals surface area contributed by atoms with Gasteiger partial charge in [0, 0.05) is 0 Å². The SMILES string of the molecule is CC[n+]1cn(-n2c[n+](CC)c3ccccc32)cn1. The third-order valence-corrected chi connectivity index (χ3v) is 3.17. The Hall–Kier alpha value is -2.17. The van der Waals surface area contributed by atoms with E-state index in [9.17, 15) is 0 Å². The number of hydrogen-bond donors (Lipinski definition) is 0. The van der Waals surface area contributed by atoms with Gasteiger partial charge >= 0.3 is 6.33 Å². The predicted octanol–water partition coefficient (Wildman–Crippen LogP) is 0.764. The summed E-state index contributed by atoms with van der Waals surface area (Å²) in [6.07, 6.45) is 5.93. The van der Waals surface area contributed by atoms with Crippen molar-refractivity contribution in [1.29, 1.82) is 0 Å². The number of imidazole rings is 1. The van der Waals surface area contributed by atoms with Gasteiger partial charge in [0.25, 0.3) is 12.7 Å². The van der Waals surface area contributed by atoms with E-state index in [2.05, 4.69) is 58.8 Å². The summed E-state index contributed by atoms with van der Waals surface area (Å²) in [5, 5.41) is 4.30. The molecule has 3 aromatic rings. The van der Waals surface area contributed by atoms with E-state index >= 15 is 0 Å². The topological polar surface area (TPSA) is 30.5 Å². The van der Waals surface area contributed by atoms with Crippen molar-refractivity contribution in [3.63, 3.8) is 0 Å². The second-order valence-corrected chi connectivity index (χ2v) is 4.22. The van der Waals surface area contributed by atoms with Crippen molar-refractivity contribution in [2.24, 2.45) is 0 Å². The van der Waals surface area contributed by atoms with E-state index in [0.717, 1.165) is 13.1 Å². The molecule has 0 spiro atoms. The number of hydrogen-bond acceptors (Lipinski definition) is 1. The molecule has 0 saturated carbocycles. The second kappa shape index (κ2) is 4.25. The molecule has 0 unspecified atom stereocenters. The lowest BCUT2D eigenvalue weighted by molar-refractivity contribution is -0.749. The summed E-state index contributed by atoms with van der Waals surface area (Å²) in [4.78, 5) is 0. The number of benzene rings is 1. The molecule has 0 bridgehead atoms. The highest BCUT2D eigenvalue weighted by Crippen LogP contribution is 2.10. The Balaban J connectivity index is 2.22. The van der Waals surface area contributed by atoms with Crippen LogP contribution < -0.4 is 9.25 Å². The second-order valence-electron chi connectivity index (χ2n) is 4.22. The maximum Gasteiger partial charge on any atom is 0.308 e. The van der Waals surface area contributed by atoms with Gasteiger partial charge in [-0.25, -0.2) is 4.57 Å². The standard InChI is InChI=1S/C13H17N5/c1-3-15-10-18(13-8-6-5-7-12(13)15)17-9-14-16(4-2)11-17/h5-11H,3-4H2,1-2H3/q+2. The largest absolute Gasteiger partial charge is 0.308 e. The monoisotopic (exact) mass is 243 g/mol. The molecule has 0 aliphatic rings. The first-order valence-electron chi connectivity index (χ1n) is 6.27. The summed E-state index contributed by atoms with van der Waals surface area (Å²) in [6, 6.07) is 8.39. The summed E-state index contributed by atoms with van der Waals surface area (Å²) < 4.78 is 8.24. The van der Waals surface area contributed by atoms with Gasteiger partial charge in [-0.1, -0.05) is 12.1 Å². The summed E-state index contributed by atoms with van der Waals surface area (Å²) in [5.74, 6) is 0. The lowest BCUT2D eigenvalue weighted by Gasteiger charge is -1.88. The number of nitrogens with zero attached hydrogens (tertiary/aromatic N) is 5. The molecule has 18 heavy (non-hydrogen) atoms. The molecule has 0 N–H and O–H groups in total. The number of para-hydroxylation sites is 2. The Bertz CT molecular complexity index is 680. The van der Waals surface area contributed by atoms with Crippen molar-refractivity contribution in [2.75, 3.05) is 0 Å². The van der Waals surface area contributed by atoms with Crippen molar-refractivity contribution < 1.29 is 9.25 Å². The Morgan fingerprint density at radius 1 is 1.11 bits per heavy atom. The number of fused-ring (bicyclic) bond motifs is 1. The van der Waals surface area contributed by atoms with Gasteiger partial charge in [-0.05, 0) is 40.4 Å². The molecule has 3 rings (SSSR count). The molecule has 0 aliphatic carbocycles. The highest BCUT2D eigenvalue weighted by Gasteiger charge is 2.19. The molecule has 92 valence electrons. The van der Waals surface area contributed by atoms with E-state index in [4.69, 9.17) is 0 Å². The molecule has 5 nitrogen and oxygen atoms in total. The summed E-state index contributed by atoms with van der Waals surface area (Å²) in [5.41, 5.74) is 2.41. The Kier molecular flexibility index (Phi) is 2.59. The highest BCUT2D eigenvalue weighted by atomic mass is 15.5. The van der Waals surface area contributed by atoms with Crippen LogP contribution in [-0.4, -0.2) is 14.5 Å². The van der Waals surface area contributed by atoms with Crippen LogP contribution in [0.3, 0.4) is 0 Å². The molecule has 2 heterocycles. The van der Waals surface area contributed by atoms with Gasteiger partial charge in [0.15, 0.2) is 5.52 Å². The van der Waals surface area contributed by atoms with Crippen molar-refractivity contribution in [1.82, 2.24) is 14.5 Å². The minimum Gasteiger partial charge on any atom is -0.227 e. The molecule has 0 aliphatic heterocycles. The van der Waals surface area contributed by atoms with Crippen molar-refractivity contribution in [2.45, 2.75) is 26.9 Å². The van der Waals surface area contributed by atoms with Gasteiger partial charge in [-0.15, -0.1) is 4.68 Å². The van der Waals surface area contributed by atoms with Gasteiger partial charge in [-0.3, -0.25) is 0 Å². The molecule has 0 saturated heterocycles. The van der Waals surface area contributed by atoms with Gasteiger partial charge in [-0.2, -0.15) is 0 Å². The Morgan fingerprint density at radius 2 is 1.94 bits per heavy atom. The molecule has 0 atom stereocenters. The maximum atomic E-state index is 4.30. The van der Waals surface area contributed by atoms with Crippen LogP contribution in [0.4, 0.5) is 0 Å². The first-order valence-corrected chi connectivity index (χ1v) is 6.27. The smallest absolute Gasteiger partial charge is 0.227 e. The van der Waals surface area contributed by atoms with Crippen molar-refractivity contribution in [3.8, 4) is 0 Å². The zero-order valence-electron chi connectivity index (χ0n) is 10.7. The highest BCUT2D eigenvalue weighted by molar-refractivity contribution is 5.71. The molecule has 5 heteroatoms. The number of aromatic nitrogens is 5. The first kappa shape index (κ1) is 11.0. The quantitative estimate of drug-likeness (QED) is 0.625. The van der Waals surface area contributed by atoms with Crippen LogP contribution in [-0.2, 0) is 13.1 Å². The van der Waals surface area contributed by atoms with Crippen LogP contribution in [0, 0.1) is 0 Å². The lowest BCUT2D eigenvalue weighted by Crippen LogP contribution is -2.33. The van der Waals surface area contributed by atoms with E-state index in [1.54, 1.807) is 0 Å². The molecule has 0 amide bonds. The third-order valence-electron chi connectivity index (χ3n) is 3.17. The van der Waals surface area contributed by atoms with Crippen LogP contribution >= 0.6 is 0 Å². The average molecular weight is 243 g/mol. The fourth-order valence-corrected chi connectivity index (χ4v) is 2.18. The molecular formula is C13H17N5+2. The maximum absolute atomic E-state index is 4.30. The van der Waals surface area contributed by atoms with E-state index in [0.29, 0.717) is 0 Å². The fourth-order valence-electron chi connectivity index (χ4n) is 2.18. The van der Waals surface area contributed by atoms with Crippen LogP contribution in [0.2, 0.25) is 0 Å². The molecule has 2 aromatic heterocycles. The zero-order chi connectivity index (χ0) is 12.5. The minimum atomic E-state index is 0.875. The van der Waals surface area contributed by atoms with Crippen LogP contribution in [0.1, 0.15) is 13.8 Å². The van der Waals surface area contributed by atoms with Crippen LogP contribution in [0.15, 0.2) is 43.2 Å². The Morgan fingerprint density at radius 3 is 2.67 bits per heavy atom. The molecule has 0 fully saturated rings. The predicted molar refractivity (Wildman–Crippen MR) is 66.7 cm³/mol. The lowest BCUT2D eigenvalue weighted by atomic mass is 10.3. The van der Waals surface area contributed by atoms with Crippen LogP contribution in [0.25, 0.3) is 11.0 Å². The van der Waals surface area contributed by atoms with Crippen molar-refractivity contribution >= 4 is 11.0 Å². The van der Waals surface area contributed by atoms with Crippen LogP contribution in [0.5, 0.6) is 0 Å². The van der Waals surface area contributed by atoms with Crippen molar-refractivity contribution in [3.05, 3.63) is 43.2 Å². The van der Waals surface area contributed by atoms with Gasteiger partial charge in [0.1, 0.15) is 6.54 Å². The molecule has 1 aromatic carbocycles. The van der Waals surface area contributed by atoms with E-state index in [1.165, 1.54) is 11.0 Å². The average Bonchev–Trinajstić information content (AvgIpc) is 3.02. The first-order chi connectivity index (χ1) is 8.83. The summed E-state index contributed by atoms with van der Waals surface area (Å²) >= 11 is 0. The zero-order valence-corrected chi connectivity index (χ0v) is 10.7. The third kappa shape index (κ3) is 1.59. The molecule has 0 radical (unpaired) electrons. The van der Waals surface area contributed by atoms with E-state index in [-0.39, 0.29) is 0 Å². The fraction of sp³-hybridized carbons (Fsp3) is 0.308. The van der Waals surface area contributed by atoms with E-state index < -0.39 is 0 Å².